The van der Waals surface area contributed by atoms with E-state index < -0.39 is 22.6 Å². The van der Waals surface area contributed by atoms with Gasteiger partial charge >= 0.3 is 6.18 Å². The van der Waals surface area contributed by atoms with Crippen LogP contribution in [-0.4, -0.2) is 29.0 Å². The van der Waals surface area contributed by atoms with E-state index >= 15 is 0 Å². The number of rotatable bonds is 10. The van der Waals surface area contributed by atoms with Crippen LogP contribution >= 0.6 is 11.6 Å². The van der Waals surface area contributed by atoms with Crippen LogP contribution in [0.1, 0.15) is 28.1 Å². The molecular formula is C21H17ClF3N3O6. The van der Waals surface area contributed by atoms with E-state index in [1.807, 2.05) is 0 Å². The second-order valence-corrected chi connectivity index (χ2v) is 7.18. The van der Waals surface area contributed by atoms with Crippen LogP contribution in [0.2, 0.25) is 5.02 Å². The third kappa shape index (κ3) is 6.85. The van der Waals surface area contributed by atoms with Gasteiger partial charge in [-0.25, -0.2) is 0 Å². The zero-order valence-electron chi connectivity index (χ0n) is 17.3. The smallest absolute Gasteiger partial charge is 0.416 e. The highest BCUT2D eigenvalue weighted by molar-refractivity contribution is 6.33. The van der Waals surface area contributed by atoms with Crippen LogP contribution in [0.15, 0.2) is 53.1 Å². The van der Waals surface area contributed by atoms with Crippen LogP contribution in [0.25, 0.3) is 0 Å². The minimum absolute atomic E-state index is 0.0367. The standard InChI is InChI=1S/C21H17ClF3N3O6/c22-17-5-4-14(28(30)31)11-16(17)20(29)26-6-2-8-33-18-9-13(21(23,24)25)10-19(27-18)34-12-15-3-1-7-32-15/h1,3-5,7,9-11H,2,6,8,12H2,(H,26,29). The summed E-state index contributed by atoms with van der Waals surface area (Å²) in [6.07, 6.45) is -3.03. The van der Waals surface area contributed by atoms with Crippen LogP contribution in [0.3, 0.4) is 0 Å². The number of ether oxygens (including phenoxy) is 2. The molecule has 34 heavy (non-hydrogen) atoms. The quantitative estimate of drug-likeness (QED) is 0.236. The maximum atomic E-state index is 13.2. The second kappa shape index (κ2) is 10.9. The van der Waals surface area contributed by atoms with Gasteiger partial charge in [-0.15, -0.1) is 0 Å². The first-order valence-corrected chi connectivity index (χ1v) is 10.1. The predicted molar refractivity (Wildman–Crippen MR) is 113 cm³/mol. The molecule has 0 saturated carbocycles. The molecule has 0 aliphatic rings. The summed E-state index contributed by atoms with van der Waals surface area (Å²) in [6, 6.07) is 8.15. The molecule has 0 radical (unpaired) electrons. The number of nitrogens with one attached hydrogen (secondary N) is 1. The Hall–Kier alpha value is -3.80. The van der Waals surface area contributed by atoms with Crippen molar-refractivity contribution in [2.45, 2.75) is 19.2 Å². The molecule has 3 aromatic rings. The molecule has 0 aliphatic heterocycles. The fourth-order valence-corrected chi connectivity index (χ4v) is 2.88. The van der Waals surface area contributed by atoms with Crippen molar-refractivity contribution in [3.05, 3.63) is 80.8 Å². The van der Waals surface area contributed by atoms with Gasteiger partial charge in [0.2, 0.25) is 11.8 Å². The van der Waals surface area contributed by atoms with Gasteiger partial charge in [-0.3, -0.25) is 14.9 Å². The third-order valence-electron chi connectivity index (χ3n) is 4.31. The molecule has 2 heterocycles. The van der Waals surface area contributed by atoms with Crippen molar-refractivity contribution in [1.82, 2.24) is 10.3 Å². The van der Waals surface area contributed by atoms with Crippen LogP contribution in [-0.2, 0) is 12.8 Å². The van der Waals surface area contributed by atoms with Gasteiger partial charge in [0.15, 0.2) is 0 Å². The highest BCUT2D eigenvalue weighted by atomic mass is 35.5. The van der Waals surface area contributed by atoms with Crippen LogP contribution in [0.5, 0.6) is 11.8 Å². The highest BCUT2D eigenvalue weighted by Gasteiger charge is 2.32. The van der Waals surface area contributed by atoms with Crippen molar-refractivity contribution in [1.29, 1.82) is 0 Å². The number of nitro benzene ring substituents is 1. The van der Waals surface area contributed by atoms with Gasteiger partial charge in [0, 0.05) is 30.8 Å². The molecule has 1 amide bonds. The number of nitrogens with zero attached hydrogens (tertiary/aromatic N) is 2. The zero-order valence-corrected chi connectivity index (χ0v) is 18.1. The summed E-state index contributed by atoms with van der Waals surface area (Å²) in [6.45, 7) is -0.124. The van der Waals surface area contributed by atoms with E-state index in [-0.39, 0.29) is 54.2 Å². The van der Waals surface area contributed by atoms with Gasteiger partial charge in [0.25, 0.3) is 11.6 Å². The first-order chi connectivity index (χ1) is 16.1. The number of carbonyl (C=O) groups is 1. The van der Waals surface area contributed by atoms with Crippen molar-refractivity contribution in [3.8, 4) is 11.8 Å². The maximum Gasteiger partial charge on any atom is 0.416 e. The van der Waals surface area contributed by atoms with Crippen molar-refractivity contribution in [2.24, 2.45) is 0 Å². The molecule has 1 N–H and O–H groups in total. The number of non-ortho nitro benzene ring substituents is 1. The normalized spacial score (nSPS) is 11.2. The lowest BCUT2D eigenvalue weighted by atomic mass is 10.2. The molecule has 0 saturated heterocycles. The van der Waals surface area contributed by atoms with E-state index in [4.69, 9.17) is 25.5 Å². The number of halogens is 4. The summed E-state index contributed by atoms with van der Waals surface area (Å²) < 4.78 is 55.3. The number of nitro groups is 1. The minimum atomic E-state index is -4.64. The number of aromatic nitrogens is 1. The summed E-state index contributed by atoms with van der Waals surface area (Å²) >= 11 is 5.91. The van der Waals surface area contributed by atoms with Gasteiger partial charge in [0.1, 0.15) is 12.4 Å². The van der Waals surface area contributed by atoms with Gasteiger partial charge in [-0.1, -0.05) is 11.6 Å². The van der Waals surface area contributed by atoms with Gasteiger partial charge < -0.3 is 19.2 Å². The fraction of sp³-hybridized carbons (Fsp3) is 0.238. The topological polar surface area (TPSA) is 117 Å². The Kier molecular flexibility index (Phi) is 7.95. The lowest BCUT2D eigenvalue weighted by Crippen LogP contribution is -2.26. The Labute approximate surface area is 195 Å². The van der Waals surface area contributed by atoms with Crippen molar-refractivity contribution in [3.63, 3.8) is 0 Å². The summed E-state index contributed by atoms with van der Waals surface area (Å²) in [7, 11) is 0. The van der Waals surface area contributed by atoms with E-state index in [9.17, 15) is 28.1 Å². The Balaban J connectivity index is 1.55. The molecule has 0 aliphatic carbocycles. The Bertz CT molecular complexity index is 1160. The summed E-state index contributed by atoms with van der Waals surface area (Å²) in [5.74, 6) is -0.840. The van der Waals surface area contributed by atoms with Crippen LogP contribution < -0.4 is 14.8 Å². The molecular weight excluding hydrogens is 483 g/mol. The Morgan fingerprint density at radius 3 is 2.56 bits per heavy atom. The molecule has 180 valence electrons. The minimum Gasteiger partial charge on any atom is -0.477 e. The number of amides is 1. The van der Waals surface area contributed by atoms with Crippen LogP contribution in [0, 0.1) is 10.1 Å². The molecule has 2 aromatic heterocycles. The summed E-state index contributed by atoms with van der Waals surface area (Å²) in [4.78, 5) is 26.3. The third-order valence-corrected chi connectivity index (χ3v) is 4.64. The molecule has 0 unspecified atom stereocenters. The number of carbonyl (C=O) groups excluding carboxylic acids is 1. The average Bonchev–Trinajstić information content (AvgIpc) is 3.30. The fourth-order valence-electron chi connectivity index (χ4n) is 2.68. The molecule has 9 nitrogen and oxygen atoms in total. The predicted octanol–water partition coefficient (Wildman–Crippen LogP) is 5.03. The number of pyridine rings is 1. The number of hydrogen-bond donors (Lipinski definition) is 1. The zero-order chi connectivity index (χ0) is 24.7. The van der Waals surface area contributed by atoms with E-state index in [0.717, 1.165) is 18.2 Å². The summed E-state index contributed by atoms with van der Waals surface area (Å²) in [5, 5.41) is 13.4. The molecule has 0 spiro atoms. The molecule has 0 atom stereocenters. The average molecular weight is 500 g/mol. The maximum absolute atomic E-state index is 13.2. The molecule has 3 rings (SSSR count). The van der Waals surface area contributed by atoms with Crippen molar-refractivity contribution in [2.75, 3.05) is 13.2 Å². The van der Waals surface area contributed by atoms with Gasteiger partial charge in [-0.05, 0) is 24.6 Å². The number of furan rings is 1. The first-order valence-electron chi connectivity index (χ1n) is 9.73. The number of benzene rings is 1. The monoisotopic (exact) mass is 499 g/mol. The van der Waals surface area contributed by atoms with Crippen molar-refractivity contribution < 1.29 is 36.8 Å². The largest absolute Gasteiger partial charge is 0.477 e. The molecule has 0 fully saturated rings. The van der Waals surface area contributed by atoms with E-state index in [0.29, 0.717) is 5.76 Å². The number of hydrogen-bond acceptors (Lipinski definition) is 7. The van der Waals surface area contributed by atoms with Gasteiger partial charge in [-0.2, -0.15) is 18.2 Å². The Morgan fingerprint density at radius 2 is 1.91 bits per heavy atom. The van der Waals surface area contributed by atoms with Crippen molar-refractivity contribution >= 4 is 23.2 Å². The SMILES string of the molecule is O=C(NCCCOc1cc(C(F)(F)F)cc(OCc2ccco2)n1)c1cc([N+](=O)[O-])ccc1Cl. The van der Waals surface area contributed by atoms with E-state index in [2.05, 4.69) is 10.3 Å². The number of alkyl halides is 3. The molecule has 0 bridgehead atoms. The lowest BCUT2D eigenvalue weighted by Gasteiger charge is -2.13. The van der Waals surface area contributed by atoms with Gasteiger partial charge in [0.05, 0.1) is 33.9 Å². The van der Waals surface area contributed by atoms with E-state index in [1.165, 1.54) is 18.4 Å². The van der Waals surface area contributed by atoms with E-state index in [1.54, 1.807) is 12.1 Å². The molecule has 1 aromatic carbocycles. The second-order valence-electron chi connectivity index (χ2n) is 6.78. The Morgan fingerprint density at radius 1 is 1.18 bits per heavy atom. The molecule has 13 heteroatoms. The summed E-state index contributed by atoms with van der Waals surface area (Å²) in [5.41, 5.74) is -1.37. The highest BCUT2D eigenvalue weighted by Crippen LogP contribution is 2.33. The van der Waals surface area contributed by atoms with Crippen LogP contribution in [0.4, 0.5) is 18.9 Å². The first kappa shape index (κ1) is 24.8. The lowest BCUT2D eigenvalue weighted by molar-refractivity contribution is -0.384.